The van der Waals surface area contributed by atoms with Gasteiger partial charge in [-0.1, -0.05) is 55.1 Å². The van der Waals surface area contributed by atoms with Gasteiger partial charge in [0, 0.05) is 10.5 Å². The SMILES string of the molecule is C=C=C(c1ccccc1)N(Sc1ccccc1)C(=O)OC(C)(C)C. The predicted molar refractivity (Wildman–Crippen MR) is 99.4 cm³/mol. The van der Waals surface area contributed by atoms with Crippen LogP contribution in [0.15, 0.2) is 77.9 Å². The highest BCUT2D eigenvalue weighted by Crippen LogP contribution is 2.32. The second-order valence-electron chi connectivity index (χ2n) is 6.07. The normalized spacial score (nSPS) is 10.6. The number of benzene rings is 2. The molecule has 0 aliphatic carbocycles. The van der Waals surface area contributed by atoms with Crippen molar-refractivity contribution in [2.24, 2.45) is 0 Å². The maximum absolute atomic E-state index is 12.7. The predicted octanol–water partition coefficient (Wildman–Crippen LogP) is 5.76. The molecule has 0 fully saturated rings. The van der Waals surface area contributed by atoms with E-state index in [4.69, 9.17) is 4.74 Å². The Morgan fingerprint density at radius 2 is 1.58 bits per heavy atom. The van der Waals surface area contributed by atoms with E-state index >= 15 is 0 Å². The molecule has 0 aliphatic rings. The lowest BCUT2D eigenvalue weighted by molar-refractivity contribution is 0.0464. The third-order valence-corrected chi connectivity index (χ3v) is 3.91. The summed E-state index contributed by atoms with van der Waals surface area (Å²) < 4.78 is 7.04. The Balaban J connectivity index is 2.38. The highest BCUT2D eigenvalue weighted by atomic mass is 32.2. The summed E-state index contributed by atoms with van der Waals surface area (Å²) in [5.74, 6) is 0. The molecule has 4 heteroatoms. The van der Waals surface area contributed by atoms with Crippen LogP contribution in [0.2, 0.25) is 0 Å². The van der Waals surface area contributed by atoms with E-state index in [-0.39, 0.29) is 0 Å². The van der Waals surface area contributed by atoms with Crippen molar-refractivity contribution >= 4 is 23.7 Å². The van der Waals surface area contributed by atoms with Gasteiger partial charge in [0.15, 0.2) is 0 Å². The highest BCUT2D eigenvalue weighted by molar-refractivity contribution is 7.97. The average molecular weight is 339 g/mol. The molecule has 2 aromatic carbocycles. The van der Waals surface area contributed by atoms with Crippen LogP contribution in [-0.2, 0) is 4.74 Å². The van der Waals surface area contributed by atoms with Crippen LogP contribution in [0.3, 0.4) is 0 Å². The average Bonchev–Trinajstić information content (AvgIpc) is 2.55. The van der Waals surface area contributed by atoms with E-state index < -0.39 is 11.7 Å². The minimum absolute atomic E-state index is 0.452. The van der Waals surface area contributed by atoms with Gasteiger partial charge in [0.2, 0.25) is 0 Å². The summed E-state index contributed by atoms with van der Waals surface area (Å²) in [4.78, 5) is 13.7. The zero-order valence-corrected chi connectivity index (χ0v) is 15.0. The van der Waals surface area contributed by atoms with Crippen LogP contribution >= 0.6 is 11.9 Å². The molecule has 0 N–H and O–H groups in total. The summed E-state index contributed by atoms with van der Waals surface area (Å²) in [5, 5.41) is 0. The standard InChI is InChI=1S/C20H21NO2S/c1-5-18(16-12-8-6-9-13-16)21(19(22)23-20(2,3)4)24-17-14-10-7-11-15-17/h6-15H,1H2,2-4H3. The smallest absolute Gasteiger partial charge is 0.426 e. The number of amides is 1. The fourth-order valence-electron chi connectivity index (χ4n) is 1.95. The van der Waals surface area contributed by atoms with E-state index in [1.807, 2.05) is 81.4 Å². The first-order chi connectivity index (χ1) is 11.4. The number of hydrogen-bond acceptors (Lipinski definition) is 3. The van der Waals surface area contributed by atoms with Gasteiger partial charge >= 0.3 is 6.09 Å². The molecule has 2 aromatic rings. The molecule has 0 heterocycles. The zero-order chi connectivity index (χ0) is 17.6. The van der Waals surface area contributed by atoms with Gasteiger partial charge in [0.25, 0.3) is 0 Å². The first-order valence-electron chi connectivity index (χ1n) is 7.62. The molecular formula is C20H21NO2S. The third-order valence-electron chi connectivity index (χ3n) is 2.92. The lowest BCUT2D eigenvalue weighted by Crippen LogP contribution is -2.31. The quantitative estimate of drug-likeness (QED) is 0.524. The van der Waals surface area contributed by atoms with Crippen molar-refractivity contribution in [3.8, 4) is 0 Å². The van der Waals surface area contributed by atoms with Crippen LogP contribution < -0.4 is 0 Å². The summed E-state index contributed by atoms with van der Waals surface area (Å²) in [6.45, 7) is 9.28. The van der Waals surface area contributed by atoms with Gasteiger partial charge in [-0.3, -0.25) is 0 Å². The van der Waals surface area contributed by atoms with E-state index in [1.165, 1.54) is 16.3 Å². The first kappa shape index (κ1) is 17.9. The molecule has 0 atom stereocenters. The van der Waals surface area contributed by atoms with Gasteiger partial charge in [-0.25, -0.2) is 9.10 Å². The second kappa shape index (κ2) is 7.91. The summed E-state index contributed by atoms with van der Waals surface area (Å²) in [6, 6.07) is 19.2. The van der Waals surface area contributed by atoms with Crippen molar-refractivity contribution in [2.45, 2.75) is 31.3 Å². The van der Waals surface area contributed by atoms with Gasteiger partial charge in [0.1, 0.15) is 11.3 Å². The largest absolute Gasteiger partial charge is 0.443 e. The zero-order valence-electron chi connectivity index (χ0n) is 14.2. The number of carbonyl (C=O) groups excluding carboxylic acids is 1. The van der Waals surface area contributed by atoms with Crippen molar-refractivity contribution in [2.75, 3.05) is 0 Å². The molecule has 0 unspecified atom stereocenters. The van der Waals surface area contributed by atoms with Crippen LogP contribution in [0.5, 0.6) is 0 Å². The second-order valence-corrected chi connectivity index (χ2v) is 7.09. The van der Waals surface area contributed by atoms with Crippen molar-refractivity contribution < 1.29 is 9.53 Å². The van der Waals surface area contributed by atoms with Gasteiger partial charge in [-0.15, -0.1) is 5.73 Å². The van der Waals surface area contributed by atoms with E-state index in [0.717, 1.165) is 10.5 Å². The van der Waals surface area contributed by atoms with Crippen molar-refractivity contribution in [3.63, 3.8) is 0 Å². The van der Waals surface area contributed by atoms with E-state index in [2.05, 4.69) is 12.3 Å². The minimum Gasteiger partial charge on any atom is -0.443 e. The molecule has 0 aromatic heterocycles. The summed E-state index contributed by atoms with van der Waals surface area (Å²) in [7, 11) is 0. The Labute approximate surface area is 147 Å². The molecule has 0 aliphatic heterocycles. The van der Waals surface area contributed by atoms with Crippen LogP contribution in [0.4, 0.5) is 4.79 Å². The molecule has 1 amide bonds. The number of rotatable bonds is 4. The number of nitrogens with zero attached hydrogens (tertiary/aromatic N) is 1. The van der Waals surface area contributed by atoms with Gasteiger partial charge in [-0.05, 0) is 44.9 Å². The monoisotopic (exact) mass is 339 g/mol. The fourth-order valence-corrected chi connectivity index (χ4v) is 2.81. The minimum atomic E-state index is -0.588. The van der Waals surface area contributed by atoms with Crippen LogP contribution in [0.25, 0.3) is 5.70 Å². The van der Waals surface area contributed by atoms with Crippen molar-refractivity contribution in [1.82, 2.24) is 4.31 Å². The Morgan fingerprint density at radius 1 is 1.04 bits per heavy atom. The third kappa shape index (κ3) is 5.05. The molecule has 24 heavy (non-hydrogen) atoms. The Kier molecular flexibility index (Phi) is 5.91. The van der Waals surface area contributed by atoms with Crippen LogP contribution in [0.1, 0.15) is 26.3 Å². The number of ether oxygens (including phenoxy) is 1. The van der Waals surface area contributed by atoms with E-state index in [9.17, 15) is 4.79 Å². The molecule has 0 saturated carbocycles. The molecule has 0 spiro atoms. The maximum Gasteiger partial charge on any atom is 0.426 e. The first-order valence-corrected chi connectivity index (χ1v) is 8.39. The summed E-state index contributed by atoms with van der Waals surface area (Å²) in [6.07, 6.45) is -0.452. The molecule has 2 rings (SSSR count). The van der Waals surface area contributed by atoms with Crippen LogP contribution in [-0.4, -0.2) is 16.0 Å². The van der Waals surface area contributed by atoms with Gasteiger partial charge in [0.05, 0.1) is 0 Å². The summed E-state index contributed by atoms with van der Waals surface area (Å²) in [5.41, 5.74) is 3.71. The van der Waals surface area contributed by atoms with Crippen molar-refractivity contribution in [3.05, 3.63) is 78.5 Å². The van der Waals surface area contributed by atoms with E-state index in [0.29, 0.717) is 5.70 Å². The number of carbonyl (C=O) groups is 1. The van der Waals surface area contributed by atoms with Gasteiger partial charge < -0.3 is 4.74 Å². The Hall–Kier alpha value is -2.42. The molecule has 3 nitrogen and oxygen atoms in total. The molecule has 0 saturated heterocycles. The summed E-state index contributed by atoms with van der Waals surface area (Å²) >= 11 is 1.28. The van der Waals surface area contributed by atoms with Crippen molar-refractivity contribution in [1.29, 1.82) is 0 Å². The topological polar surface area (TPSA) is 29.5 Å². The molecule has 0 bridgehead atoms. The highest BCUT2D eigenvalue weighted by Gasteiger charge is 2.26. The van der Waals surface area contributed by atoms with E-state index in [1.54, 1.807) is 0 Å². The Bertz CT molecular complexity index is 729. The number of hydrogen-bond donors (Lipinski definition) is 0. The molecular weight excluding hydrogens is 318 g/mol. The Morgan fingerprint density at radius 3 is 2.08 bits per heavy atom. The molecule has 0 radical (unpaired) electrons. The lowest BCUT2D eigenvalue weighted by atomic mass is 10.1. The van der Waals surface area contributed by atoms with Gasteiger partial charge in [-0.2, -0.15) is 0 Å². The lowest BCUT2D eigenvalue weighted by Gasteiger charge is -2.27. The van der Waals surface area contributed by atoms with Crippen LogP contribution in [0, 0.1) is 0 Å². The fraction of sp³-hybridized carbons (Fsp3) is 0.200. The molecule has 124 valence electrons. The maximum atomic E-state index is 12.7.